The van der Waals surface area contributed by atoms with Crippen molar-refractivity contribution in [2.75, 3.05) is 0 Å². The van der Waals surface area contributed by atoms with Gasteiger partial charge < -0.3 is 15.3 Å². The summed E-state index contributed by atoms with van der Waals surface area (Å²) < 4.78 is 42.3. The maximum Gasteiger partial charge on any atom is 0.303 e. The summed E-state index contributed by atoms with van der Waals surface area (Å²) in [4.78, 5) is 11.1. The average molecular weight is 398 g/mol. The van der Waals surface area contributed by atoms with Crippen molar-refractivity contribution in [2.24, 2.45) is 46.3 Å². The Morgan fingerprint density at radius 3 is 2.57 bits per heavy atom. The number of carbonyl (C=O) groups is 1. The van der Waals surface area contributed by atoms with Gasteiger partial charge in [-0.3, -0.25) is 4.79 Å². The van der Waals surface area contributed by atoms with Crippen LogP contribution in [0.15, 0.2) is 0 Å². The lowest BCUT2D eigenvalue weighted by molar-refractivity contribution is -0.172. The van der Waals surface area contributed by atoms with Crippen molar-refractivity contribution in [1.29, 1.82) is 0 Å². The monoisotopic (exact) mass is 397 g/mol. The molecule has 28 heavy (non-hydrogen) atoms. The molecule has 0 amide bonds. The fourth-order valence-corrected chi connectivity index (χ4v) is 8.02. The molecule has 0 aromatic rings. The van der Waals surface area contributed by atoms with Gasteiger partial charge in [0.15, 0.2) is 0 Å². The smallest absolute Gasteiger partial charge is 0.303 e. The summed E-state index contributed by atoms with van der Waals surface area (Å²) in [5.41, 5.74) is -0.818. The van der Waals surface area contributed by atoms with E-state index in [-0.39, 0.29) is 30.1 Å². The van der Waals surface area contributed by atoms with Crippen LogP contribution in [0, 0.1) is 46.3 Å². The number of hydrogen-bond acceptors (Lipinski definition) is 3. The molecule has 0 saturated heterocycles. The van der Waals surface area contributed by atoms with Crippen molar-refractivity contribution in [2.45, 2.75) is 97.1 Å². The lowest BCUT2D eigenvalue weighted by atomic mass is 9.44. The van der Waals surface area contributed by atoms with E-state index < -0.39 is 42.2 Å². The number of aliphatic carboxylic acids is 1. The van der Waals surface area contributed by atoms with Crippen LogP contribution < -0.4 is 0 Å². The fourth-order valence-electron chi connectivity index (χ4n) is 8.02. The molecule has 4 aliphatic rings. The van der Waals surface area contributed by atoms with E-state index >= 15 is 0 Å². The van der Waals surface area contributed by atoms with E-state index in [1.165, 1.54) is 0 Å². The van der Waals surface area contributed by atoms with E-state index in [9.17, 15) is 15.0 Å². The zero-order valence-corrected chi connectivity index (χ0v) is 17.4. The quantitative estimate of drug-likeness (QED) is 0.654. The molecular formula is C24H40O4. The van der Waals surface area contributed by atoms with Crippen LogP contribution in [0.5, 0.6) is 0 Å². The third-order valence-electron chi connectivity index (χ3n) is 9.40. The van der Waals surface area contributed by atoms with Gasteiger partial charge >= 0.3 is 5.97 Å². The van der Waals surface area contributed by atoms with Crippen LogP contribution in [0.2, 0.25) is 0 Å². The first-order valence-corrected chi connectivity index (χ1v) is 11.1. The highest BCUT2D eigenvalue weighted by Gasteiger charge is 2.62. The molecule has 0 spiro atoms. The van der Waals surface area contributed by atoms with Gasteiger partial charge in [0.1, 0.15) is 0 Å². The highest BCUT2D eigenvalue weighted by atomic mass is 16.4. The summed E-state index contributed by atoms with van der Waals surface area (Å²) in [5, 5.41) is 31.0. The summed E-state index contributed by atoms with van der Waals surface area (Å²) in [6.07, 6.45) is -4.09. The van der Waals surface area contributed by atoms with Crippen LogP contribution in [0.4, 0.5) is 0 Å². The highest BCUT2D eigenvalue weighted by Crippen LogP contribution is 2.68. The van der Waals surface area contributed by atoms with Crippen LogP contribution in [-0.2, 0) is 4.79 Å². The number of aliphatic hydroxyl groups is 2. The minimum Gasteiger partial charge on any atom is -0.481 e. The van der Waals surface area contributed by atoms with E-state index in [1.807, 2.05) is 6.92 Å². The van der Waals surface area contributed by atoms with E-state index in [0.717, 1.165) is 25.7 Å². The first kappa shape index (κ1) is 15.2. The molecule has 0 heterocycles. The maximum atomic E-state index is 11.2. The van der Waals surface area contributed by atoms with Gasteiger partial charge in [0.2, 0.25) is 0 Å². The zero-order valence-electron chi connectivity index (χ0n) is 22.4. The molecule has 0 aromatic heterocycles. The van der Waals surface area contributed by atoms with E-state index in [4.69, 9.17) is 12.0 Å². The van der Waals surface area contributed by atoms with Gasteiger partial charge in [0.25, 0.3) is 0 Å². The van der Waals surface area contributed by atoms with Gasteiger partial charge in [-0.15, -0.1) is 0 Å². The molecule has 4 saturated carbocycles. The minimum atomic E-state index is -2.92. The Labute approximate surface area is 177 Å². The molecule has 3 N–H and O–H groups in total. The fraction of sp³-hybridized carbons (Fsp3) is 0.958. The van der Waals surface area contributed by atoms with Gasteiger partial charge in [-0.25, -0.2) is 0 Å². The number of fused-ring (bicyclic) bond motifs is 5. The second kappa shape index (κ2) is 7.27. The summed E-state index contributed by atoms with van der Waals surface area (Å²) in [5.74, 6) is -0.565. The van der Waals surface area contributed by atoms with E-state index in [1.54, 1.807) is 0 Å². The predicted octanol–water partition coefficient (Wildman–Crippen LogP) is 4.48. The van der Waals surface area contributed by atoms with Crippen LogP contribution >= 0.6 is 0 Å². The molecule has 4 rings (SSSR count). The van der Waals surface area contributed by atoms with Crippen molar-refractivity contribution in [3.8, 4) is 0 Å². The standard InChI is InChI=1S/C24H40O4/c1-14(4-7-22(27)28)17-5-6-18-16-13-21(26)20-12-15(25)8-10-24(20,3)19(16)9-11-23(17,18)2/h14-21,25-26H,4-13H2,1-3H3,(H,27,28)/t14-,15+,16+,17-,18+,19+,20+,21+,23-,24-/m1/s1/i8D2,12D2,15D. The van der Waals surface area contributed by atoms with E-state index in [0.29, 0.717) is 30.6 Å². The third kappa shape index (κ3) is 3.14. The van der Waals surface area contributed by atoms with Crippen LogP contribution in [0.1, 0.15) is 91.7 Å². The predicted molar refractivity (Wildman–Crippen MR) is 109 cm³/mol. The molecule has 0 bridgehead atoms. The molecule has 0 unspecified atom stereocenters. The van der Waals surface area contributed by atoms with Crippen LogP contribution in [0.3, 0.4) is 0 Å². The second-order valence-electron chi connectivity index (χ2n) is 10.6. The molecule has 10 atom stereocenters. The molecule has 4 nitrogen and oxygen atoms in total. The normalized spacial score (nSPS) is 60.5. The summed E-state index contributed by atoms with van der Waals surface area (Å²) in [7, 11) is 0. The Morgan fingerprint density at radius 2 is 1.86 bits per heavy atom. The average Bonchev–Trinajstić information content (AvgIpc) is 3.01. The van der Waals surface area contributed by atoms with Gasteiger partial charge in [-0.1, -0.05) is 20.8 Å². The molecule has 0 radical (unpaired) electrons. The molecular weight excluding hydrogens is 352 g/mol. The Hall–Kier alpha value is -0.610. The largest absolute Gasteiger partial charge is 0.481 e. The number of rotatable bonds is 4. The summed E-state index contributed by atoms with van der Waals surface area (Å²) in [6.45, 7) is 6.35. The third-order valence-corrected chi connectivity index (χ3v) is 9.40. The number of aliphatic hydroxyl groups excluding tert-OH is 1. The zero-order chi connectivity index (χ0) is 24.8. The lowest BCUT2D eigenvalue weighted by Gasteiger charge is -2.62. The van der Waals surface area contributed by atoms with Gasteiger partial charge in [-0.05, 0) is 104 Å². The molecule has 160 valence electrons. The van der Waals surface area contributed by atoms with Crippen molar-refractivity contribution in [3.63, 3.8) is 0 Å². The lowest BCUT2D eigenvalue weighted by Crippen LogP contribution is -2.58. The van der Waals surface area contributed by atoms with Crippen molar-refractivity contribution >= 4 is 5.97 Å². The Balaban J connectivity index is 1.65. The van der Waals surface area contributed by atoms with Crippen molar-refractivity contribution < 1.29 is 27.0 Å². The molecule has 4 aliphatic carbocycles. The van der Waals surface area contributed by atoms with Crippen molar-refractivity contribution in [3.05, 3.63) is 0 Å². The number of carboxylic acid groups (broad SMARTS) is 1. The Bertz CT molecular complexity index is 804. The summed E-state index contributed by atoms with van der Waals surface area (Å²) >= 11 is 0. The van der Waals surface area contributed by atoms with Gasteiger partial charge in [0, 0.05) is 11.9 Å². The number of carboxylic acids is 1. The SMILES string of the molecule is [2H]C1([2H])C[C@@]2(C)[C@H]([C@@H](O)C[C@@H]3[C@@H]2CC[C@]2(C)[C@@H]([C@H](C)CCC(=O)O)CC[C@@H]32)C([2H])([2H])[C@@]1([2H])O. The Kier molecular flexibility index (Phi) is 3.95. The minimum absolute atomic E-state index is 0.0262. The first-order chi connectivity index (χ1) is 15.0. The van der Waals surface area contributed by atoms with Gasteiger partial charge in [0.05, 0.1) is 13.6 Å². The first-order valence-electron chi connectivity index (χ1n) is 13.6. The van der Waals surface area contributed by atoms with E-state index in [2.05, 4.69) is 13.8 Å². The van der Waals surface area contributed by atoms with Crippen LogP contribution in [-0.4, -0.2) is 33.5 Å². The van der Waals surface area contributed by atoms with Gasteiger partial charge in [-0.2, -0.15) is 0 Å². The Morgan fingerprint density at radius 1 is 1.14 bits per heavy atom. The topological polar surface area (TPSA) is 77.8 Å². The highest BCUT2D eigenvalue weighted by molar-refractivity contribution is 5.66. The summed E-state index contributed by atoms with van der Waals surface area (Å²) in [6, 6.07) is 0. The molecule has 0 aliphatic heterocycles. The maximum absolute atomic E-state index is 11.2. The van der Waals surface area contributed by atoms with Crippen molar-refractivity contribution in [1.82, 2.24) is 0 Å². The molecule has 4 heteroatoms. The molecule has 4 fully saturated rings. The second-order valence-corrected chi connectivity index (χ2v) is 10.6. The van der Waals surface area contributed by atoms with Crippen LogP contribution in [0.25, 0.3) is 0 Å². The molecule has 0 aromatic carbocycles. The number of hydrogen-bond donors (Lipinski definition) is 3.